The van der Waals surface area contributed by atoms with E-state index in [1.165, 1.54) is 32.4 Å². The molecule has 0 aliphatic carbocycles. The number of esters is 1. The molecule has 0 spiro atoms. The van der Waals surface area contributed by atoms with Gasteiger partial charge in [-0.05, 0) is 55.3 Å². The van der Waals surface area contributed by atoms with Crippen LogP contribution in [0.15, 0.2) is 47.4 Å². The maximum atomic E-state index is 12.8. The van der Waals surface area contributed by atoms with E-state index in [0.29, 0.717) is 11.4 Å². The van der Waals surface area contributed by atoms with Crippen LogP contribution >= 0.6 is 0 Å². The maximum absolute atomic E-state index is 12.8. The fourth-order valence-corrected chi connectivity index (χ4v) is 4.12. The molecule has 0 atom stereocenters. The average molecular weight is 390 g/mol. The van der Waals surface area contributed by atoms with Crippen LogP contribution in [0.4, 0.5) is 11.4 Å². The van der Waals surface area contributed by atoms with Crippen LogP contribution in [0, 0.1) is 0 Å². The molecule has 0 aromatic heterocycles. The summed E-state index contributed by atoms with van der Waals surface area (Å²) in [5, 5.41) is 0. The summed E-state index contributed by atoms with van der Waals surface area (Å²) in [5.41, 5.74) is 1.39. The van der Waals surface area contributed by atoms with Gasteiger partial charge >= 0.3 is 5.97 Å². The molecule has 1 aliphatic heterocycles. The van der Waals surface area contributed by atoms with E-state index >= 15 is 0 Å². The van der Waals surface area contributed by atoms with Gasteiger partial charge in [-0.1, -0.05) is 0 Å². The van der Waals surface area contributed by atoms with Gasteiger partial charge in [0.05, 0.1) is 36.1 Å². The van der Waals surface area contributed by atoms with Gasteiger partial charge in [-0.2, -0.15) is 0 Å². The first kappa shape index (κ1) is 19.0. The fourth-order valence-electron chi connectivity index (χ4n) is 3.05. The van der Waals surface area contributed by atoms with Crippen LogP contribution in [-0.2, 0) is 14.8 Å². The number of hydrogen-bond acceptors (Lipinski definition) is 6. The Hall–Kier alpha value is -2.74. The fraction of sp³-hybridized carbons (Fsp3) is 0.316. The summed E-state index contributed by atoms with van der Waals surface area (Å²) in [6.07, 6.45) is 2.09. The number of nitrogens with zero attached hydrogens (tertiary/aromatic N) is 1. The van der Waals surface area contributed by atoms with E-state index < -0.39 is 16.0 Å². The standard InChI is InChI=1S/C19H22N2O5S/c1-25-15-6-8-16(9-7-15)27(23,24)20-17-13-14(19(22)26-2)5-10-18(17)21-11-3-4-12-21/h5-10,13,20H,3-4,11-12H2,1-2H3. The van der Waals surface area contributed by atoms with Crippen LogP contribution < -0.4 is 14.4 Å². The summed E-state index contributed by atoms with van der Waals surface area (Å²) in [7, 11) is -1.02. The molecule has 0 bridgehead atoms. The Morgan fingerprint density at radius 3 is 2.30 bits per heavy atom. The Morgan fingerprint density at radius 2 is 1.70 bits per heavy atom. The maximum Gasteiger partial charge on any atom is 0.337 e. The third-order valence-corrected chi connectivity index (χ3v) is 5.86. The summed E-state index contributed by atoms with van der Waals surface area (Å²) in [6, 6.07) is 11.0. The van der Waals surface area contributed by atoms with Crippen molar-refractivity contribution in [3.8, 4) is 5.75 Å². The molecule has 3 rings (SSSR count). The van der Waals surface area contributed by atoms with Crippen molar-refractivity contribution in [2.45, 2.75) is 17.7 Å². The van der Waals surface area contributed by atoms with Crippen molar-refractivity contribution >= 4 is 27.4 Å². The third kappa shape index (κ3) is 4.16. The first-order valence-electron chi connectivity index (χ1n) is 8.59. The molecule has 0 saturated carbocycles. The number of carbonyl (C=O) groups excluding carboxylic acids is 1. The second-order valence-corrected chi connectivity index (χ2v) is 7.88. The zero-order valence-corrected chi connectivity index (χ0v) is 16.1. The predicted octanol–water partition coefficient (Wildman–Crippen LogP) is 2.88. The molecule has 2 aromatic rings. The van der Waals surface area contributed by atoms with Crippen LogP contribution in [0.2, 0.25) is 0 Å². The Kier molecular flexibility index (Phi) is 5.55. The van der Waals surface area contributed by atoms with Gasteiger partial charge in [0.2, 0.25) is 0 Å². The van der Waals surface area contributed by atoms with Crippen LogP contribution in [0.1, 0.15) is 23.2 Å². The van der Waals surface area contributed by atoms with Crippen molar-refractivity contribution in [3.63, 3.8) is 0 Å². The smallest absolute Gasteiger partial charge is 0.337 e. The van der Waals surface area contributed by atoms with Gasteiger partial charge in [-0.25, -0.2) is 13.2 Å². The highest BCUT2D eigenvalue weighted by atomic mass is 32.2. The highest BCUT2D eigenvalue weighted by Crippen LogP contribution is 2.32. The average Bonchev–Trinajstić information content (AvgIpc) is 3.21. The third-order valence-electron chi connectivity index (χ3n) is 4.48. The van der Waals surface area contributed by atoms with Crippen molar-refractivity contribution in [2.24, 2.45) is 0 Å². The quantitative estimate of drug-likeness (QED) is 0.764. The van der Waals surface area contributed by atoms with Gasteiger partial charge in [0.1, 0.15) is 5.75 Å². The Morgan fingerprint density at radius 1 is 1.04 bits per heavy atom. The normalized spacial score (nSPS) is 14.1. The molecule has 144 valence electrons. The van der Waals surface area contributed by atoms with Crippen molar-refractivity contribution in [1.82, 2.24) is 0 Å². The molecule has 0 unspecified atom stereocenters. The van der Waals surface area contributed by atoms with E-state index in [0.717, 1.165) is 31.6 Å². The Bertz CT molecular complexity index is 920. The molecule has 1 aliphatic rings. The van der Waals surface area contributed by atoms with E-state index in [9.17, 15) is 13.2 Å². The number of sulfonamides is 1. The van der Waals surface area contributed by atoms with Crippen molar-refractivity contribution < 1.29 is 22.7 Å². The van der Waals surface area contributed by atoms with Crippen LogP contribution in [0.25, 0.3) is 0 Å². The number of ether oxygens (including phenoxy) is 2. The molecule has 2 aromatic carbocycles. The predicted molar refractivity (Wildman–Crippen MR) is 103 cm³/mol. The minimum absolute atomic E-state index is 0.110. The Labute approximate surface area is 158 Å². The van der Waals surface area contributed by atoms with Gasteiger partial charge in [-0.15, -0.1) is 0 Å². The molecule has 0 amide bonds. The van der Waals surface area contributed by atoms with E-state index in [-0.39, 0.29) is 10.5 Å². The van der Waals surface area contributed by atoms with E-state index in [1.54, 1.807) is 24.3 Å². The monoisotopic (exact) mass is 390 g/mol. The second-order valence-electron chi connectivity index (χ2n) is 6.20. The molecule has 0 radical (unpaired) electrons. The number of methoxy groups -OCH3 is 2. The highest BCUT2D eigenvalue weighted by Gasteiger charge is 2.22. The number of hydrogen-bond donors (Lipinski definition) is 1. The molecular weight excluding hydrogens is 368 g/mol. The first-order valence-corrected chi connectivity index (χ1v) is 10.1. The molecule has 27 heavy (non-hydrogen) atoms. The Balaban J connectivity index is 1.98. The zero-order chi connectivity index (χ0) is 19.4. The van der Waals surface area contributed by atoms with Gasteiger partial charge in [0.25, 0.3) is 10.0 Å². The number of carbonyl (C=O) groups is 1. The summed E-state index contributed by atoms with van der Waals surface area (Å²) in [5.74, 6) is 0.0484. The summed E-state index contributed by atoms with van der Waals surface area (Å²) in [6.45, 7) is 1.68. The molecule has 8 heteroatoms. The number of anilines is 2. The van der Waals surface area contributed by atoms with E-state index in [4.69, 9.17) is 9.47 Å². The van der Waals surface area contributed by atoms with E-state index in [1.807, 2.05) is 0 Å². The van der Waals surface area contributed by atoms with Gasteiger partial charge in [0.15, 0.2) is 0 Å². The SMILES string of the molecule is COC(=O)c1ccc(N2CCCC2)c(NS(=O)(=O)c2ccc(OC)cc2)c1. The molecule has 1 N–H and O–H groups in total. The zero-order valence-electron chi connectivity index (χ0n) is 15.3. The second kappa shape index (κ2) is 7.87. The van der Waals surface area contributed by atoms with Crippen LogP contribution in [0.5, 0.6) is 5.75 Å². The van der Waals surface area contributed by atoms with Crippen LogP contribution in [0.3, 0.4) is 0 Å². The highest BCUT2D eigenvalue weighted by molar-refractivity contribution is 7.92. The van der Waals surface area contributed by atoms with Crippen molar-refractivity contribution in [3.05, 3.63) is 48.0 Å². The minimum atomic E-state index is -3.82. The van der Waals surface area contributed by atoms with Crippen molar-refractivity contribution in [2.75, 3.05) is 36.9 Å². The lowest BCUT2D eigenvalue weighted by molar-refractivity contribution is 0.0601. The van der Waals surface area contributed by atoms with Gasteiger partial charge in [0, 0.05) is 13.1 Å². The lowest BCUT2D eigenvalue weighted by Gasteiger charge is -2.22. The molecule has 1 fully saturated rings. The lowest BCUT2D eigenvalue weighted by Crippen LogP contribution is -2.22. The first-order chi connectivity index (χ1) is 12.9. The number of nitrogens with one attached hydrogen (secondary N) is 1. The molecule has 1 saturated heterocycles. The summed E-state index contributed by atoms with van der Waals surface area (Å²) < 4.78 is 38.1. The largest absolute Gasteiger partial charge is 0.497 e. The topological polar surface area (TPSA) is 84.9 Å². The summed E-state index contributed by atoms with van der Waals surface area (Å²) in [4.78, 5) is 14.1. The van der Waals surface area contributed by atoms with Gasteiger partial charge < -0.3 is 14.4 Å². The van der Waals surface area contributed by atoms with Gasteiger partial charge in [-0.3, -0.25) is 4.72 Å². The number of rotatable bonds is 6. The molecule has 1 heterocycles. The van der Waals surface area contributed by atoms with E-state index in [2.05, 4.69) is 9.62 Å². The molecular formula is C19H22N2O5S. The summed E-state index contributed by atoms with van der Waals surface area (Å²) >= 11 is 0. The minimum Gasteiger partial charge on any atom is -0.497 e. The van der Waals surface area contributed by atoms with Crippen molar-refractivity contribution in [1.29, 1.82) is 0 Å². The molecule has 7 nitrogen and oxygen atoms in total. The number of benzene rings is 2. The van der Waals surface area contributed by atoms with Crippen LogP contribution in [-0.4, -0.2) is 41.7 Å². The lowest BCUT2D eigenvalue weighted by atomic mass is 10.1.